The van der Waals surface area contributed by atoms with Gasteiger partial charge in [-0.1, -0.05) is 13.0 Å². The van der Waals surface area contributed by atoms with Crippen molar-refractivity contribution in [2.75, 3.05) is 22.6 Å². The first kappa shape index (κ1) is 15.7. The second kappa shape index (κ2) is 7.94. The van der Waals surface area contributed by atoms with E-state index in [0.29, 0.717) is 24.3 Å². The molecule has 0 aliphatic rings. The molecular formula is C14H22N2O2S. The van der Waals surface area contributed by atoms with E-state index in [2.05, 4.69) is 5.32 Å². The van der Waals surface area contributed by atoms with E-state index in [4.69, 9.17) is 5.73 Å². The van der Waals surface area contributed by atoms with Gasteiger partial charge in [0.2, 0.25) is 5.91 Å². The summed E-state index contributed by atoms with van der Waals surface area (Å²) in [6, 6.07) is 5.45. The molecule has 0 aromatic heterocycles. The Kier molecular flexibility index (Phi) is 6.56. The van der Waals surface area contributed by atoms with Gasteiger partial charge in [0.1, 0.15) is 0 Å². The van der Waals surface area contributed by atoms with Crippen LogP contribution in [0.1, 0.15) is 31.7 Å². The molecule has 5 heteroatoms. The van der Waals surface area contributed by atoms with Gasteiger partial charge in [-0.05, 0) is 37.5 Å². The van der Waals surface area contributed by atoms with E-state index >= 15 is 0 Å². The molecule has 0 aliphatic heterocycles. The molecular weight excluding hydrogens is 260 g/mol. The monoisotopic (exact) mass is 282 g/mol. The van der Waals surface area contributed by atoms with Crippen molar-refractivity contribution in [3.8, 4) is 0 Å². The van der Waals surface area contributed by atoms with E-state index in [1.54, 1.807) is 6.07 Å². The average Bonchev–Trinajstić information content (AvgIpc) is 2.35. The second-order valence-electron chi connectivity index (χ2n) is 4.52. The summed E-state index contributed by atoms with van der Waals surface area (Å²) in [5.74, 6) is 1.26. The Morgan fingerprint density at radius 3 is 2.79 bits per heavy atom. The fraction of sp³-hybridized carbons (Fsp3) is 0.500. The van der Waals surface area contributed by atoms with Crippen molar-refractivity contribution in [2.45, 2.75) is 33.1 Å². The molecule has 1 amide bonds. The van der Waals surface area contributed by atoms with E-state index in [1.807, 2.05) is 26.0 Å². The average molecular weight is 282 g/mol. The van der Waals surface area contributed by atoms with Gasteiger partial charge in [0.25, 0.3) is 0 Å². The third-order valence-electron chi connectivity index (χ3n) is 2.86. The van der Waals surface area contributed by atoms with Crippen molar-refractivity contribution in [3.05, 3.63) is 23.8 Å². The van der Waals surface area contributed by atoms with Crippen LogP contribution in [0.2, 0.25) is 0 Å². The zero-order valence-corrected chi connectivity index (χ0v) is 12.4. The molecule has 1 atom stereocenters. The van der Waals surface area contributed by atoms with Crippen molar-refractivity contribution in [2.24, 2.45) is 0 Å². The molecule has 106 valence electrons. The predicted molar refractivity (Wildman–Crippen MR) is 81.6 cm³/mol. The number of hydrogen-bond donors (Lipinski definition) is 2. The van der Waals surface area contributed by atoms with Crippen molar-refractivity contribution < 1.29 is 9.00 Å². The summed E-state index contributed by atoms with van der Waals surface area (Å²) in [7, 11) is -0.791. The molecule has 1 rings (SSSR count). The molecule has 0 spiro atoms. The number of nitrogen functional groups attached to an aromatic ring is 1. The van der Waals surface area contributed by atoms with Gasteiger partial charge in [-0.3, -0.25) is 9.00 Å². The van der Waals surface area contributed by atoms with Crippen LogP contribution in [0.4, 0.5) is 11.4 Å². The number of hydrogen-bond acceptors (Lipinski definition) is 3. The summed E-state index contributed by atoms with van der Waals surface area (Å²) >= 11 is 0. The lowest BCUT2D eigenvalue weighted by Gasteiger charge is -2.10. The summed E-state index contributed by atoms with van der Waals surface area (Å²) in [4.78, 5) is 11.8. The first-order valence-corrected chi connectivity index (χ1v) is 8.03. The lowest BCUT2D eigenvalue weighted by atomic mass is 10.1. The van der Waals surface area contributed by atoms with Gasteiger partial charge in [0.05, 0.1) is 0 Å². The lowest BCUT2D eigenvalue weighted by molar-refractivity contribution is -0.116. The number of rotatable bonds is 7. The quantitative estimate of drug-likeness (QED) is 0.755. The van der Waals surface area contributed by atoms with Crippen LogP contribution in [0.3, 0.4) is 0 Å². The molecule has 0 saturated carbocycles. The van der Waals surface area contributed by atoms with Crippen molar-refractivity contribution in [1.29, 1.82) is 0 Å². The molecule has 19 heavy (non-hydrogen) atoms. The van der Waals surface area contributed by atoms with Gasteiger partial charge in [-0.2, -0.15) is 0 Å². The summed E-state index contributed by atoms with van der Waals surface area (Å²) in [6.07, 6.45) is 1.96. The summed E-state index contributed by atoms with van der Waals surface area (Å²) in [6.45, 7) is 3.88. The molecule has 0 aliphatic carbocycles. The third-order valence-corrected chi connectivity index (χ3v) is 4.47. The highest BCUT2D eigenvalue weighted by Crippen LogP contribution is 2.20. The minimum absolute atomic E-state index is 0.0535. The molecule has 4 nitrogen and oxygen atoms in total. The van der Waals surface area contributed by atoms with Crippen LogP contribution in [-0.2, 0) is 15.6 Å². The normalized spacial score (nSPS) is 12.1. The maximum Gasteiger partial charge on any atom is 0.224 e. The molecule has 0 heterocycles. The smallest absolute Gasteiger partial charge is 0.224 e. The number of carbonyl (C=O) groups excluding carboxylic acids is 1. The Hall–Kier alpha value is -1.36. The zero-order valence-electron chi connectivity index (χ0n) is 11.6. The van der Waals surface area contributed by atoms with Crippen LogP contribution in [-0.4, -0.2) is 21.6 Å². The maximum atomic E-state index is 11.8. The zero-order chi connectivity index (χ0) is 14.3. The van der Waals surface area contributed by atoms with Gasteiger partial charge in [0.15, 0.2) is 0 Å². The maximum absolute atomic E-state index is 11.8. The number of anilines is 2. The highest BCUT2D eigenvalue weighted by molar-refractivity contribution is 7.84. The molecule has 1 unspecified atom stereocenters. The molecule has 0 fully saturated rings. The Bertz CT molecular complexity index is 461. The van der Waals surface area contributed by atoms with E-state index in [0.717, 1.165) is 23.4 Å². The van der Waals surface area contributed by atoms with Gasteiger partial charge in [-0.15, -0.1) is 0 Å². The Labute approximate surface area is 117 Å². The second-order valence-corrected chi connectivity index (χ2v) is 6.22. The molecule has 0 radical (unpaired) electrons. The standard InChI is InChI=1S/C14H22N2O2S/c1-3-9-19(18)10-5-8-14(17)16-13-7-4-6-12(15)11(13)2/h4,6-7H,3,5,8-10,15H2,1-2H3,(H,16,17). The van der Waals surface area contributed by atoms with E-state index in [1.165, 1.54) is 0 Å². The van der Waals surface area contributed by atoms with Crippen LogP contribution < -0.4 is 11.1 Å². The number of benzene rings is 1. The summed E-state index contributed by atoms with van der Waals surface area (Å²) < 4.78 is 11.4. The number of nitrogens with one attached hydrogen (secondary N) is 1. The summed E-state index contributed by atoms with van der Waals surface area (Å²) in [5, 5.41) is 2.84. The molecule has 0 bridgehead atoms. The molecule has 0 saturated heterocycles. The fourth-order valence-corrected chi connectivity index (χ4v) is 2.85. The van der Waals surface area contributed by atoms with Gasteiger partial charge < -0.3 is 11.1 Å². The van der Waals surface area contributed by atoms with Crippen LogP contribution in [0.25, 0.3) is 0 Å². The lowest BCUT2D eigenvalue weighted by Crippen LogP contribution is -2.14. The molecule has 1 aromatic rings. The van der Waals surface area contributed by atoms with Crippen LogP contribution >= 0.6 is 0 Å². The van der Waals surface area contributed by atoms with Gasteiger partial charge in [-0.25, -0.2) is 0 Å². The van der Waals surface area contributed by atoms with E-state index < -0.39 is 10.8 Å². The first-order valence-electron chi connectivity index (χ1n) is 6.54. The number of amides is 1. The highest BCUT2D eigenvalue weighted by atomic mass is 32.2. The Balaban J connectivity index is 2.39. The minimum Gasteiger partial charge on any atom is -0.398 e. The summed E-state index contributed by atoms with van der Waals surface area (Å²) in [5.41, 5.74) is 8.08. The van der Waals surface area contributed by atoms with Crippen molar-refractivity contribution in [1.82, 2.24) is 0 Å². The molecule has 3 N–H and O–H groups in total. The van der Waals surface area contributed by atoms with E-state index in [-0.39, 0.29) is 5.91 Å². The minimum atomic E-state index is -0.791. The predicted octanol–water partition coefficient (Wildman–Crippen LogP) is 2.45. The first-order chi connectivity index (χ1) is 9.04. The van der Waals surface area contributed by atoms with Gasteiger partial charge >= 0.3 is 0 Å². The molecule has 1 aromatic carbocycles. The highest BCUT2D eigenvalue weighted by Gasteiger charge is 2.07. The topological polar surface area (TPSA) is 72.2 Å². The van der Waals surface area contributed by atoms with Crippen LogP contribution in [0, 0.1) is 6.92 Å². The van der Waals surface area contributed by atoms with Crippen LogP contribution in [0.15, 0.2) is 18.2 Å². The Morgan fingerprint density at radius 2 is 2.11 bits per heavy atom. The third kappa shape index (κ3) is 5.42. The Morgan fingerprint density at radius 1 is 1.37 bits per heavy atom. The van der Waals surface area contributed by atoms with Crippen molar-refractivity contribution in [3.63, 3.8) is 0 Å². The van der Waals surface area contributed by atoms with E-state index in [9.17, 15) is 9.00 Å². The fourth-order valence-electron chi connectivity index (χ4n) is 1.73. The van der Waals surface area contributed by atoms with Gasteiger partial charge in [0, 0.05) is 40.1 Å². The van der Waals surface area contributed by atoms with Crippen LogP contribution in [0.5, 0.6) is 0 Å². The number of carbonyl (C=O) groups is 1. The number of nitrogens with two attached hydrogens (primary N) is 1. The van der Waals surface area contributed by atoms with Crippen molar-refractivity contribution >= 4 is 28.1 Å². The largest absolute Gasteiger partial charge is 0.398 e. The SMILES string of the molecule is CCCS(=O)CCCC(=O)Nc1cccc(N)c1C.